The number of carbonyl (C=O) groups is 1. The Hall–Kier alpha value is -1.81. The topological polar surface area (TPSA) is 41.1 Å². The molecule has 0 bridgehead atoms. The largest absolute Gasteiger partial charge is 0.338 e. The summed E-state index contributed by atoms with van der Waals surface area (Å²) >= 11 is 3.38. The third-order valence-corrected chi connectivity index (χ3v) is 3.44. The van der Waals surface area contributed by atoms with Crippen molar-refractivity contribution >= 4 is 22.0 Å². The van der Waals surface area contributed by atoms with Crippen LogP contribution in [0.2, 0.25) is 0 Å². The van der Waals surface area contributed by atoms with Gasteiger partial charge in [-0.1, -0.05) is 58.4 Å². The van der Waals surface area contributed by atoms with Crippen molar-refractivity contribution in [2.45, 2.75) is 13.0 Å². The van der Waals surface area contributed by atoms with Crippen molar-refractivity contribution in [3.63, 3.8) is 0 Å². The lowest BCUT2D eigenvalue weighted by atomic mass is 10.1. The van der Waals surface area contributed by atoms with Crippen molar-refractivity contribution in [3.05, 3.63) is 70.2 Å². The van der Waals surface area contributed by atoms with Gasteiger partial charge < -0.3 is 10.6 Å². The van der Waals surface area contributed by atoms with Crippen LogP contribution in [-0.2, 0) is 13.0 Å². The van der Waals surface area contributed by atoms with Crippen LogP contribution in [0.5, 0.6) is 0 Å². The van der Waals surface area contributed by atoms with Gasteiger partial charge in [0, 0.05) is 17.6 Å². The molecule has 2 rings (SSSR count). The van der Waals surface area contributed by atoms with E-state index in [1.165, 1.54) is 5.56 Å². The van der Waals surface area contributed by atoms with Gasteiger partial charge >= 0.3 is 6.03 Å². The Labute approximate surface area is 127 Å². The Balaban J connectivity index is 1.67. The highest BCUT2D eigenvalue weighted by molar-refractivity contribution is 9.10. The van der Waals surface area contributed by atoms with E-state index in [0.29, 0.717) is 13.1 Å². The van der Waals surface area contributed by atoms with Crippen molar-refractivity contribution in [1.29, 1.82) is 0 Å². The fourth-order valence-electron chi connectivity index (χ4n) is 1.81. The molecule has 0 spiro atoms. The average molecular weight is 333 g/mol. The van der Waals surface area contributed by atoms with Gasteiger partial charge in [-0.25, -0.2) is 4.79 Å². The van der Waals surface area contributed by atoms with E-state index in [2.05, 4.69) is 38.7 Å². The summed E-state index contributed by atoms with van der Waals surface area (Å²) in [6, 6.07) is 17.9. The molecule has 0 unspecified atom stereocenters. The van der Waals surface area contributed by atoms with E-state index in [9.17, 15) is 4.79 Å². The minimum atomic E-state index is -0.135. The van der Waals surface area contributed by atoms with E-state index in [1.54, 1.807) is 0 Å². The molecule has 0 saturated heterocycles. The zero-order valence-corrected chi connectivity index (χ0v) is 12.7. The van der Waals surface area contributed by atoms with Crippen LogP contribution in [0.3, 0.4) is 0 Å². The van der Waals surface area contributed by atoms with E-state index in [0.717, 1.165) is 16.5 Å². The Bertz CT molecular complexity index is 540. The highest BCUT2D eigenvalue weighted by atomic mass is 79.9. The summed E-state index contributed by atoms with van der Waals surface area (Å²) < 4.78 is 1.04. The lowest BCUT2D eigenvalue weighted by Gasteiger charge is -2.08. The van der Waals surface area contributed by atoms with Gasteiger partial charge in [-0.15, -0.1) is 0 Å². The normalized spacial score (nSPS) is 10.1. The number of benzene rings is 2. The van der Waals surface area contributed by atoms with Gasteiger partial charge in [0.1, 0.15) is 0 Å². The minimum absolute atomic E-state index is 0.135. The van der Waals surface area contributed by atoms with E-state index in [1.807, 2.05) is 42.5 Å². The van der Waals surface area contributed by atoms with Gasteiger partial charge in [0.05, 0.1) is 0 Å². The molecule has 0 atom stereocenters. The lowest BCUT2D eigenvalue weighted by Crippen LogP contribution is -2.36. The number of urea groups is 1. The first-order chi connectivity index (χ1) is 9.74. The number of amides is 2. The molecule has 2 aromatic rings. The highest BCUT2D eigenvalue weighted by Gasteiger charge is 2.00. The minimum Gasteiger partial charge on any atom is -0.338 e. The third kappa shape index (κ3) is 5.05. The zero-order valence-electron chi connectivity index (χ0n) is 11.1. The van der Waals surface area contributed by atoms with E-state index in [4.69, 9.17) is 0 Å². The molecule has 0 radical (unpaired) electrons. The fraction of sp³-hybridized carbons (Fsp3) is 0.188. The molecule has 20 heavy (non-hydrogen) atoms. The van der Waals surface area contributed by atoms with Crippen LogP contribution in [0.15, 0.2) is 59.1 Å². The first-order valence-corrected chi connectivity index (χ1v) is 7.33. The van der Waals surface area contributed by atoms with Gasteiger partial charge in [0.25, 0.3) is 0 Å². The monoisotopic (exact) mass is 332 g/mol. The van der Waals surface area contributed by atoms with E-state index < -0.39 is 0 Å². The quantitative estimate of drug-likeness (QED) is 0.864. The maximum atomic E-state index is 11.6. The van der Waals surface area contributed by atoms with Crippen molar-refractivity contribution in [3.8, 4) is 0 Å². The smallest absolute Gasteiger partial charge is 0.315 e. The summed E-state index contributed by atoms with van der Waals surface area (Å²) in [5, 5.41) is 5.69. The molecule has 0 aliphatic heterocycles. The number of hydrogen-bond donors (Lipinski definition) is 2. The second kappa shape index (κ2) is 7.70. The molecule has 2 N–H and O–H groups in total. The Morgan fingerprint density at radius 3 is 2.30 bits per heavy atom. The summed E-state index contributed by atoms with van der Waals surface area (Å²) in [7, 11) is 0. The van der Waals surface area contributed by atoms with Crippen LogP contribution in [0.25, 0.3) is 0 Å². The predicted octanol–water partition coefficient (Wildman–Crippen LogP) is 3.49. The van der Waals surface area contributed by atoms with Crippen LogP contribution in [0.1, 0.15) is 11.1 Å². The second-order valence-corrected chi connectivity index (χ2v) is 5.39. The first-order valence-electron chi connectivity index (χ1n) is 6.54. The highest BCUT2D eigenvalue weighted by Crippen LogP contribution is 2.10. The molecular weight excluding hydrogens is 316 g/mol. The standard InChI is InChI=1S/C16H17BrN2O/c17-15-8-6-14(7-9-15)12-19-16(20)18-11-10-13-4-2-1-3-5-13/h1-9H,10-12H2,(H2,18,19,20). The molecule has 0 aromatic heterocycles. The van der Waals surface area contributed by atoms with Crippen molar-refractivity contribution in [2.24, 2.45) is 0 Å². The molecule has 0 heterocycles. The summed E-state index contributed by atoms with van der Waals surface area (Å²) in [6.07, 6.45) is 0.840. The van der Waals surface area contributed by atoms with Gasteiger partial charge in [-0.2, -0.15) is 0 Å². The molecule has 3 nitrogen and oxygen atoms in total. The van der Waals surface area contributed by atoms with Crippen LogP contribution >= 0.6 is 15.9 Å². The number of carbonyl (C=O) groups excluding carboxylic acids is 1. The average Bonchev–Trinajstić information content (AvgIpc) is 2.48. The SMILES string of the molecule is O=C(NCCc1ccccc1)NCc1ccc(Br)cc1. The number of halogens is 1. The van der Waals surface area contributed by atoms with E-state index in [-0.39, 0.29) is 6.03 Å². The number of nitrogens with one attached hydrogen (secondary N) is 2. The van der Waals surface area contributed by atoms with Gasteiger partial charge in [0.15, 0.2) is 0 Å². The van der Waals surface area contributed by atoms with Gasteiger partial charge in [-0.3, -0.25) is 0 Å². The molecule has 0 saturated carbocycles. The van der Waals surface area contributed by atoms with Crippen LogP contribution in [0.4, 0.5) is 4.79 Å². The van der Waals surface area contributed by atoms with E-state index >= 15 is 0 Å². The molecule has 0 fully saturated rings. The fourth-order valence-corrected chi connectivity index (χ4v) is 2.08. The maximum Gasteiger partial charge on any atom is 0.315 e. The molecule has 2 aromatic carbocycles. The molecule has 104 valence electrons. The predicted molar refractivity (Wildman–Crippen MR) is 84.5 cm³/mol. The van der Waals surface area contributed by atoms with Gasteiger partial charge in [0.2, 0.25) is 0 Å². The Kier molecular flexibility index (Phi) is 5.62. The molecule has 4 heteroatoms. The summed E-state index contributed by atoms with van der Waals surface area (Å²) in [4.78, 5) is 11.6. The van der Waals surface area contributed by atoms with Crippen LogP contribution in [-0.4, -0.2) is 12.6 Å². The summed E-state index contributed by atoms with van der Waals surface area (Å²) in [5.74, 6) is 0. The molecule has 0 aliphatic rings. The van der Waals surface area contributed by atoms with Gasteiger partial charge in [-0.05, 0) is 29.7 Å². The summed E-state index contributed by atoms with van der Waals surface area (Å²) in [5.41, 5.74) is 2.30. The second-order valence-electron chi connectivity index (χ2n) is 4.47. The summed E-state index contributed by atoms with van der Waals surface area (Å²) in [6.45, 7) is 1.17. The van der Waals surface area contributed by atoms with Crippen LogP contribution in [0, 0.1) is 0 Å². The maximum absolute atomic E-state index is 11.6. The Morgan fingerprint density at radius 1 is 0.900 bits per heavy atom. The lowest BCUT2D eigenvalue weighted by molar-refractivity contribution is 0.240. The molecule has 2 amide bonds. The van der Waals surface area contributed by atoms with Crippen molar-refractivity contribution in [2.75, 3.05) is 6.54 Å². The third-order valence-electron chi connectivity index (χ3n) is 2.91. The first kappa shape index (κ1) is 14.6. The number of hydrogen-bond acceptors (Lipinski definition) is 1. The van der Waals surface area contributed by atoms with Crippen LogP contribution < -0.4 is 10.6 Å². The van der Waals surface area contributed by atoms with Crippen molar-refractivity contribution < 1.29 is 4.79 Å². The van der Waals surface area contributed by atoms with Crippen molar-refractivity contribution in [1.82, 2.24) is 10.6 Å². The molecule has 0 aliphatic carbocycles. The zero-order chi connectivity index (χ0) is 14.2. The number of rotatable bonds is 5. The molecular formula is C16H17BrN2O. The Morgan fingerprint density at radius 2 is 1.60 bits per heavy atom.